The molecule has 0 bridgehead atoms. The average molecular weight is 322 g/mol. The van der Waals surface area contributed by atoms with Gasteiger partial charge in [-0.3, -0.25) is 0 Å². The van der Waals surface area contributed by atoms with E-state index in [1.54, 1.807) is 4.90 Å². The third-order valence-electron chi connectivity index (χ3n) is 4.08. The van der Waals surface area contributed by atoms with Crippen molar-refractivity contribution < 1.29 is 4.79 Å². The summed E-state index contributed by atoms with van der Waals surface area (Å²) in [4.78, 5) is 16.3. The third kappa shape index (κ3) is 4.92. The van der Waals surface area contributed by atoms with Crippen LogP contribution in [0.25, 0.3) is 0 Å². The number of fused-ring (bicyclic) bond motifs is 1. The first-order valence-electron chi connectivity index (χ1n) is 8.44. The van der Waals surface area contributed by atoms with E-state index < -0.39 is 0 Å². The maximum atomic E-state index is 12.5. The third-order valence-corrected chi connectivity index (χ3v) is 4.08. The van der Waals surface area contributed by atoms with E-state index in [1.165, 1.54) is 0 Å². The van der Waals surface area contributed by atoms with E-state index in [-0.39, 0.29) is 12.1 Å². The van der Waals surface area contributed by atoms with Gasteiger partial charge in [-0.05, 0) is 32.9 Å². The van der Waals surface area contributed by atoms with Crippen molar-refractivity contribution in [1.82, 2.24) is 29.9 Å². The fourth-order valence-corrected chi connectivity index (χ4v) is 3.09. The monoisotopic (exact) mass is 322 g/mol. The van der Waals surface area contributed by atoms with Crippen molar-refractivity contribution in [2.75, 3.05) is 27.7 Å². The van der Waals surface area contributed by atoms with Crippen molar-refractivity contribution in [2.24, 2.45) is 5.92 Å². The van der Waals surface area contributed by atoms with Gasteiger partial charge < -0.3 is 19.7 Å². The highest BCUT2D eigenvalue weighted by atomic mass is 16.2. The number of aromatic nitrogens is 3. The van der Waals surface area contributed by atoms with Crippen LogP contribution in [0.15, 0.2) is 0 Å². The fraction of sp³-hybridized carbons (Fsp3) is 0.812. The van der Waals surface area contributed by atoms with E-state index in [2.05, 4.69) is 38.8 Å². The van der Waals surface area contributed by atoms with Gasteiger partial charge in [0.25, 0.3) is 0 Å². The number of hydrogen-bond acceptors (Lipinski definition) is 4. The van der Waals surface area contributed by atoms with Crippen LogP contribution >= 0.6 is 0 Å². The zero-order chi connectivity index (χ0) is 17.0. The molecule has 130 valence electrons. The second kappa shape index (κ2) is 7.77. The van der Waals surface area contributed by atoms with E-state index in [1.807, 2.05) is 21.1 Å². The van der Waals surface area contributed by atoms with E-state index in [0.29, 0.717) is 12.5 Å². The number of nitrogens with one attached hydrogen (secondary N) is 1. The van der Waals surface area contributed by atoms with Gasteiger partial charge in [-0.2, -0.15) is 0 Å². The van der Waals surface area contributed by atoms with Crippen molar-refractivity contribution in [1.29, 1.82) is 0 Å². The molecule has 0 saturated heterocycles. The Balaban J connectivity index is 1.92. The second-order valence-electron chi connectivity index (χ2n) is 7.18. The molecule has 1 aliphatic heterocycles. The smallest absolute Gasteiger partial charge is 0.317 e. The van der Waals surface area contributed by atoms with Crippen molar-refractivity contribution in [3.63, 3.8) is 0 Å². The number of nitrogens with zero attached hydrogens (tertiary/aromatic N) is 5. The van der Waals surface area contributed by atoms with Crippen molar-refractivity contribution >= 4 is 6.03 Å². The Morgan fingerprint density at radius 1 is 1.30 bits per heavy atom. The lowest BCUT2D eigenvalue weighted by Crippen LogP contribution is -2.47. The molecule has 7 nitrogen and oxygen atoms in total. The van der Waals surface area contributed by atoms with Gasteiger partial charge in [0, 0.05) is 32.6 Å². The van der Waals surface area contributed by atoms with Gasteiger partial charge in [0.1, 0.15) is 5.82 Å². The van der Waals surface area contributed by atoms with Crippen molar-refractivity contribution in [2.45, 2.75) is 52.2 Å². The predicted octanol–water partition coefficient (Wildman–Crippen LogP) is 1.34. The Hall–Kier alpha value is -1.63. The minimum Gasteiger partial charge on any atom is -0.334 e. The van der Waals surface area contributed by atoms with E-state index in [9.17, 15) is 4.79 Å². The number of likely N-dealkylation sites (N-methyl/N-ethyl adjacent to an activating group) is 1. The lowest BCUT2D eigenvalue weighted by Gasteiger charge is -2.26. The number of aryl methyl sites for hydroxylation is 1. The standard InChI is InChI=1S/C16H30N6O/c1-12(2)9-13(10-20(3)4)17-16(23)21(5)11-15-19-18-14-7-6-8-22(14)15/h12-13H,6-11H2,1-5H3,(H,17,23)/t13-/m0/s1. The normalized spacial score (nSPS) is 15.1. The summed E-state index contributed by atoms with van der Waals surface area (Å²) in [5, 5.41) is 11.6. The minimum absolute atomic E-state index is 0.0483. The quantitative estimate of drug-likeness (QED) is 0.823. The Bertz CT molecular complexity index is 515. The van der Waals surface area contributed by atoms with E-state index >= 15 is 0 Å². The average Bonchev–Trinajstić information content (AvgIpc) is 3.01. The molecule has 1 aromatic heterocycles. The Kier molecular flexibility index (Phi) is 5.98. The Morgan fingerprint density at radius 2 is 2.04 bits per heavy atom. The molecule has 0 aromatic carbocycles. The summed E-state index contributed by atoms with van der Waals surface area (Å²) in [7, 11) is 5.87. The molecule has 0 fully saturated rings. The molecular formula is C16H30N6O. The largest absolute Gasteiger partial charge is 0.334 e. The lowest BCUT2D eigenvalue weighted by molar-refractivity contribution is 0.194. The predicted molar refractivity (Wildman–Crippen MR) is 90.1 cm³/mol. The van der Waals surface area contributed by atoms with Crippen molar-refractivity contribution in [3.05, 3.63) is 11.6 Å². The topological polar surface area (TPSA) is 66.3 Å². The number of carbonyl (C=O) groups excluding carboxylic acids is 1. The van der Waals surface area contributed by atoms with Crippen LogP contribution in [0.2, 0.25) is 0 Å². The van der Waals surface area contributed by atoms with Crippen LogP contribution in [-0.4, -0.2) is 64.3 Å². The minimum atomic E-state index is -0.0483. The molecular weight excluding hydrogens is 292 g/mol. The maximum absolute atomic E-state index is 12.5. The van der Waals surface area contributed by atoms with Gasteiger partial charge >= 0.3 is 6.03 Å². The fourth-order valence-electron chi connectivity index (χ4n) is 3.09. The molecule has 2 amide bonds. The zero-order valence-electron chi connectivity index (χ0n) is 15.0. The van der Waals surface area contributed by atoms with Crippen LogP contribution < -0.4 is 5.32 Å². The van der Waals surface area contributed by atoms with E-state index in [4.69, 9.17) is 0 Å². The summed E-state index contributed by atoms with van der Waals surface area (Å²) >= 11 is 0. The molecule has 0 radical (unpaired) electrons. The maximum Gasteiger partial charge on any atom is 0.317 e. The number of rotatable bonds is 7. The molecule has 0 saturated carbocycles. The van der Waals surface area contributed by atoms with Crippen LogP contribution in [0.3, 0.4) is 0 Å². The van der Waals surface area contributed by atoms with Gasteiger partial charge in [-0.25, -0.2) is 4.79 Å². The summed E-state index contributed by atoms with van der Waals surface area (Å²) in [6, 6.07) is 0.108. The number of amides is 2. The highest BCUT2D eigenvalue weighted by Gasteiger charge is 2.21. The van der Waals surface area contributed by atoms with Gasteiger partial charge in [-0.1, -0.05) is 13.8 Å². The molecule has 1 aliphatic rings. The summed E-state index contributed by atoms with van der Waals surface area (Å²) < 4.78 is 2.13. The van der Waals surface area contributed by atoms with Crippen molar-refractivity contribution in [3.8, 4) is 0 Å². The highest BCUT2D eigenvalue weighted by Crippen LogP contribution is 2.15. The van der Waals surface area contributed by atoms with Crippen LogP contribution in [0.5, 0.6) is 0 Å². The Labute approximate surface area is 139 Å². The SMILES string of the molecule is CC(C)C[C@@H](CN(C)C)NC(=O)N(C)Cc1nnc2n1CCC2. The molecule has 23 heavy (non-hydrogen) atoms. The summed E-state index contributed by atoms with van der Waals surface area (Å²) in [6.07, 6.45) is 3.08. The number of hydrogen-bond donors (Lipinski definition) is 1. The number of carbonyl (C=O) groups is 1. The molecule has 1 N–H and O–H groups in total. The van der Waals surface area contributed by atoms with Crippen LogP contribution in [0.1, 0.15) is 38.3 Å². The van der Waals surface area contributed by atoms with Crippen LogP contribution in [-0.2, 0) is 19.5 Å². The highest BCUT2D eigenvalue weighted by molar-refractivity contribution is 5.74. The molecule has 7 heteroatoms. The summed E-state index contributed by atoms with van der Waals surface area (Å²) in [5.41, 5.74) is 0. The Morgan fingerprint density at radius 3 is 2.70 bits per heavy atom. The number of urea groups is 1. The zero-order valence-corrected chi connectivity index (χ0v) is 15.0. The lowest BCUT2D eigenvalue weighted by atomic mass is 10.0. The molecule has 0 aliphatic carbocycles. The van der Waals surface area contributed by atoms with Crippen LogP contribution in [0, 0.1) is 5.92 Å². The van der Waals surface area contributed by atoms with Gasteiger partial charge in [-0.15, -0.1) is 10.2 Å². The van der Waals surface area contributed by atoms with Gasteiger partial charge in [0.15, 0.2) is 5.82 Å². The first kappa shape index (κ1) is 17.7. The summed E-state index contributed by atoms with van der Waals surface area (Å²) in [5.74, 6) is 2.47. The van der Waals surface area contributed by atoms with Gasteiger partial charge in [0.2, 0.25) is 0 Å². The molecule has 0 unspecified atom stereocenters. The molecule has 0 spiro atoms. The summed E-state index contributed by atoms with van der Waals surface area (Å²) in [6.45, 7) is 6.66. The molecule has 2 heterocycles. The first-order chi connectivity index (χ1) is 10.9. The molecule has 2 rings (SSSR count). The van der Waals surface area contributed by atoms with Gasteiger partial charge in [0.05, 0.1) is 6.54 Å². The first-order valence-corrected chi connectivity index (χ1v) is 8.44. The second-order valence-corrected chi connectivity index (χ2v) is 7.18. The van der Waals surface area contributed by atoms with Crippen LogP contribution in [0.4, 0.5) is 4.79 Å². The molecule has 1 aromatic rings. The van der Waals surface area contributed by atoms with E-state index in [0.717, 1.165) is 44.0 Å². The molecule has 1 atom stereocenters.